The van der Waals surface area contributed by atoms with Gasteiger partial charge in [0.1, 0.15) is 30.6 Å². The molecule has 0 aliphatic carbocycles. The average molecular weight is 733 g/mol. The summed E-state index contributed by atoms with van der Waals surface area (Å²) in [6.07, 6.45) is 6.63. The maximum absolute atomic E-state index is 12.8. The van der Waals surface area contributed by atoms with Crippen molar-refractivity contribution < 1.29 is 14.2 Å². The number of hydrogen-bond donors (Lipinski definition) is 0. The number of aromatic nitrogens is 5. The minimum absolute atomic E-state index is 0.0655. The number of nitrogens with zero attached hydrogens (tertiary/aromatic N) is 7. The van der Waals surface area contributed by atoms with Crippen molar-refractivity contribution in [2.45, 2.75) is 58.1 Å². The molecule has 0 amide bonds. The molecule has 13 heteroatoms. The lowest BCUT2D eigenvalue weighted by atomic mass is 10.1. The van der Waals surface area contributed by atoms with Crippen LogP contribution in [0.25, 0.3) is 5.69 Å². The maximum Gasteiger partial charge on any atom is 0.350 e. The first-order valence-electron chi connectivity index (χ1n) is 17.5. The molecule has 4 heterocycles. The number of ether oxygens (including phenoxy) is 3. The third-order valence-corrected chi connectivity index (χ3v) is 10.4. The van der Waals surface area contributed by atoms with Crippen LogP contribution in [0.3, 0.4) is 0 Å². The Morgan fingerprint density at radius 2 is 1.61 bits per heavy atom. The lowest BCUT2D eigenvalue weighted by molar-refractivity contribution is -0.189. The molecule has 7 rings (SSSR count). The lowest BCUT2D eigenvalue weighted by Crippen LogP contribution is -2.46. The van der Waals surface area contributed by atoms with Crippen LogP contribution < -0.4 is 20.2 Å². The van der Waals surface area contributed by atoms with Gasteiger partial charge in [-0.2, -0.15) is 5.10 Å². The molecule has 2 aliphatic rings. The van der Waals surface area contributed by atoms with Crippen molar-refractivity contribution in [3.8, 4) is 11.4 Å². The minimum atomic E-state index is -1.11. The van der Waals surface area contributed by atoms with Crippen molar-refractivity contribution >= 4 is 34.6 Å². The summed E-state index contributed by atoms with van der Waals surface area (Å²) in [5, 5.41) is 5.33. The smallest absolute Gasteiger partial charge is 0.350 e. The molecule has 1 unspecified atom stereocenters. The monoisotopic (exact) mass is 731 g/mol. The van der Waals surface area contributed by atoms with Gasteiger partial charge in [0.2, 0.25) is 5.79 Å². The molecule has 0 radical (unpaired) electrons. The molecule has 0 saturated carbocycles. The maximum atomic E-state index is 12.8. The zero-order chi connectivity index (χ0) is 35.5. The molecule has 51 heavy (non-hydrogen) atoms. The molecule has 2 aliphatic heterocycles. The first-order chi connectivity index (χ1) is 24.8. The van der Waals surface area contributed by atoms with Crippen LogP contribution in [0.2, 0.25) is 10.0 Å². The molecule has 11 nitrogen and oxygen atoms in total. The Balaban J connectivity index is 0.936. The summed E-state index contributed by atoms with van der Waals surface area (Å²) in [7, 11) is 0. The van der Waals surface area contributed by atoms with E-state index in [0.717, 1.165) is 73.2 Å². The van der Waals surface area contributed by atoms with E-state index in [1.807, 2.05) is 48.0 Å². The summed E-state index contributed by atoms with van der Waals surface area (Å²) in [6.45, 7) is 10.7. The second-order valence-corrected chi connectivity index (χ2v) is 13.9. The van der Waals surface area contributed by atoms with Crippen LogP contribution in [0.15, 0.2) is 90.2 Å². The predicted molar refractivity (Wildman–Crippen MR) is 200 cm³/mol. The number of imidazole rings is 1. The Kier molecular flexibility index (Phi) is 10.4. The normalized spacial score (nSPS) is 19.8. The number of anilines is 2. The van der Waals surface area contributed by atoms with E-state index in [1.54, 1.807) is 33.9 Å². The molecule has 3 aromatic carbocycles. The fourth-order valence-corrected chi connectivity index (χ4v) is 7.29. The highest BCUT2D eigenvalue weighted by Crippen LogP contribution is 2.41. The van der Waals surface area contributed by atoms with E-state index in [9.17, 15) is 4.79 Å². The second kappa shape index (κ2) is 15.1. The molecule has 0 spiro atoms. The molecule has 0 bridgehead atoms. The number of hydrogen-bond acceptors (Lipinski definition) is 8. The molecule has 2 saturated heterocycles. The first-order valence-corrected chi connectivity index (χ1v) is 18.3. The highest BCUT2D eigenvalue weighted by atomic mass is 35.5. The van der Waals surface area contributed by atoms with Gasteiger partial charge in [-0.15, -0.1) is 0 Å². The van der Waals surface area contributed by atoms with Gasteiger partial charge in [-0.25, -0.2) is 19.0 Å². The van der Waals surface area contributed by atoms with Gasteiger partial charge in [-0.3, -0.25) is 0 Å². The van der Waals surface area contributed by atoms with Crippen molar-refractivity contribution in [3.63, 3.8) is 0 Å². The topological polar surface area (TPSA) is 91.8 Å². The van der Waals surface area contributed by atoms with Gasteiger partial charge in [0, 0.05) is 67.0 Å². The largest absolute Gasteiger partial charge is 0.491 e. The van der Waals surface area contributed by atoms with Crippen molar-refractivity contribution in [3.05, 3.63) is 117 Å². The van der Waals surface area contributed by atoms with E-state index in [2.05, 4.69) is 58.0 Å². The molecule has 5 aromatic rings. The van der Waals surface area contributed by atoms with Crippen LogP contribution in [0.1, 0.15) is 44.6 Å². The first kappa shape index (κ1) is 35.1. The number of rotatable bonds is 12. The Morgan fingerprint density at radius 1 is 0.941 bits per heavy atom. The Morgan fingerprint density at radius 3 is 2.25 bits per heavy atom. The minimum Gasteiger partial charge on any atom is -0.491 e. The van der Waals surface area contributed by atoms with Gasteiger partial charge in [-0.05, 0) is 74.0 Å². The van der Waals surface area contributed by atoms with E-state index < -0.39 is 5.79 Å². The number of halogens is 2. The zero-order valence-electron chi connectivity index (χ0n) is 29.1. The summed E-state index contributed by atoms with van der Waals surface area (Å²) in [6, 6.07) is 21.8. The third kappa shape index (κ3) is 7.39. The summed E-state index contributed by atoms with van der Waals surface area (Å²) >= 11 is 12.9. The van der Waals surface area contributed by atoms with Gasteiger partial charge in [0.25, 0.3) is 0 Å². The highest BCUT2D eigenvalue weighted by Gasteiger charge is 2.45. The van der Waals surface area contributed by atoms with Gasteiger partial charge in [0.05, 0.1) is 29.9 Å². The molecular formula is C38H43Cl2N7O4. The Labute approximate surface area is 307 Å². The van der Waals surface area contributed by atoms with Gasteiger partial charge in [-0.1, -0.05) is 43.1 Å². The number of benzene rings is 3. The van der Waals surface area contributed by atoms with E-state index in [4.69, 9.17) is 37.4 Å². The van der Waals surface area contributed by atoms with Crippen LogP contribution in [0.4, 0.5) is 11.4 Å². The summed E-state index contributed by atoms with van der Waals surface area (Å²) < 4.78 is 24.4. The molecule has 2 fully saturated rings. The SMILES string of the molecule is CCc1nccn1C[C@@]1(c2ccc(Cl)cc2Cl)OC[C@@H](COc2ccc(N3CCN(c4ccc(-n5cnn(C(C)CC)c5=O)cc4)CC3)cc2)O1. The molecular weight excluding hydrogens is 689 g/mol. The van der Waals surface area contributed by atoms with Gasteiger partial charge >= 0.3 is 5.69 Å². The summed E-state index contributed by atoms with van der Waals surface area (Å²) in [5.74, 6) is 0.591. The summed E-state index contributed by atoms with van der Waals surface area (Å²) in [5.41, 5.74) is 3.71. The van der Waals surface area contributed by atoms with Crippen LogP contribution in [-0.4, -0.2) is 69.4 Å². The molecule has 0 N–H and O–H groups in total. The van der Waals surface area contributed by atoms with E-state index in [0.29, 0.717) is 29.8 Å². The predicted octanol–water partition coefficient (Wildman–Crippen LogP) is 6.74. The van der Waals surface area contributed by atoms with E-state index in [-0.39, 0.29) is 17.8 Å². The Bertz CT molecular complexity index is 1990. The zero-order valence-corrected chi connectivity index (χ0v) is 30.6. The van der Waals surface area contributed by atoms with Crippen LogP contribution in [0, 0.1) is 0 Å². The van der Waals surface area contributed by atoms with Gasteiger partial charge < -0.3 is 28.6 Å². The molecule has 2 aromatic heterocycles. The summed E-state index contributed by atoms with van der Waals surface area (Å²) in [4.78, 5) is 22.1. The quantitative estimate of drug-likeness (QED) is 0.139. The van der Waals surface area contributed by atoms with Crippen molar-refractivity contribution in [1.29, 1.82) is 0 Å². The van der Waals surface area contributed by atoms with Crippen molar-refractivity contribution in [1.82, 2.24) is 23.9 Å². The van der Waals surface area contributed by atoms with E-state index >= 15 is 0 Å². The second-order valence-electron chi connectivity index (χ2n) is 13.0. The number of piperazine rings is 1. The fraction of sp³-hybridized carbons (Fsp3) is 0.395. The third-order valence-electron chi connectivity index (χ3n) is 9.81. The standard InChI is InChI=1S/C38H43Cl2N7O4/c1-4-27(3)47-37(48)46(26-42-47)31-9-7-29(8-10-31)43-18-20-44(21-19-43)30-11-13-32(14-12-30)49-23-33-24-50-38(51-33,25-45-17-16-41-36(45)5-2)34-15-6-28(39)22-35(34)40/h6-17,22,26-27,33H,4-5,18-21,23-25H2,1-3H3/t27?,33-,38-/m1/s1. The molecule has 3 atom stereocenters. The molecule has 268 valence electrons. The van der Waals surface area contributed by atoms with Crippen molar-refractivity contribution in [2.75, 3.05) is 49.2 Å². The van der Waals surface area contributed by atoms with Crippen LogP contribution in [0.5, 0.6) is 5.75 Å². The van der Waals surface area contributed by atoms with Crippen molar-refractivity contribution in [2.24, 2.45) is 0 Å². The average Bonchev–Trinajstić information content (AvgIpc) is 3.89. The number of aryl methyl sites for hydroxylation is 1. The Hall–Kier alpha value is -4.29. The highest BCUT2D eigenvalue weighted by molar-refractivity contribution is 6.35. The fourth-order valence-electron chi connectivity index (χ4n) is 6.74. The van der Waals surface area contributed by atoms with E-state index in [1.165, 1.54) is 0 Å². The van der Waals surface area contributed by atoms with Gasteiger partial charge in [0.15, 0.2) is 0 Å². The van der Waals surface area contributed by atoms with Crippen LogP contribution in [-0.2, 0) is 28.2 Å². The lowest BCUT2D eigenvalue weighted by Gasteiger charge is -2.37. The van der Waals surface area contributed by atoms with Crippen LogP contribution >= 0.6 is 23.2 Å².